The fourth-order valence-electron chi connectivity index (χ4n) is 4.34. The number of carboxylic acids is 1. The van der Waals surface area contributed by atoms with Crippen LogP contribution >= 0.6 is 0 Å². The van der Waals surface area contributed by atoms with Crippen LogP contribution in [-0.2, 0) is 10.0 Å². The van der Waals surface area contributed by atoms with Crippen LogP contribution in [0, 0.1) is 27.7 Å². The van der Waals surface area contributed by atoms with E-state index < -0.39 is 16.0 Å². The predicted octanol–water partition coefficient (Wildman–Crippen LogP) is 5.95. The summed E-state index contributed by atoms with van der Waals surface area (Å²) >= 11 is 0. The molecule has 4 aromatic rings. The normalized spacial score (nSPS) is 11.5. The van der Waals surface area contributed by atoms with Gasteiger partial charge >= 0.3 is 5.97 Å². The number of hydrogen-bond donors (Lipinski definition) is 3. The zero-order valence-electron chi connectivity index (χ0n) is 19.3. The molecule has 4 rings (SSSR count). The van der Waals surface area contributed by atoms with Crippen molar-refractivity contribution in [3.05, 3.63) is 88.5 Å². The van der Waals surface area contributed by atoms with E-state index in [9.17, 15) is 23.4 Å². The Kier molecular flexibility index (Phi) is 5.83. The summed E-state index contributed by atoms with van der Waals surface area (Å²) in [7, 11) is -3.89. The van der Waals surface area contributed by atoms with Gasteiger partial charge in [-0.2, -0.15) is 0 Å². The quantitative estimate of drug-likeness (QED) is 0.331. The molecule has 0 radical (unpaired) electrons. The fourth-order valence-corrected chi connectivity index (χ4v) is 6.03. The summed E-state index contributed by atoms with van der Waals surface area (Å²) in [6.07, 6.45) is 0. The summed E-state index contributed by atoms with van der Waals surface area (Å²) in [6.45, 7) is 7.39. The number of carboxylic acid groups (broad SMARTS) is 1. The van der Waals surface area contributed by atoms with Gasteiger partial charge in [0, 0.05) is 10.9 Å². The molecule has 0 atom stereocenters. The number of nitrogens with one attached hydrogen (secondary N) is 1. The van der Waals surface area contributed by atoms with Crippen LogP contribution in [0.15, 0.2) is 65.6 Å². The summed E-state index contributed by atoms with van der Waals surface area (Å²) in [5.74, 6) is -1.57. The number of rotatable bonds is 5. The monoisotopic (exact) mass is 475 g/mol. The van der Waals surface area contributed by atoms with Crippen molar-refractivity contribution in [3.63, 3.8) is 0 Å². The van der Waals surface area contributed by atoms with Crippen LogP contribution in [0.1, 0.15) is 32.6 Å². The Morgan fingerprint density at radius 1 is 0.794 bits per heavy atom. The Morgan fingerprint density at radius 2 is 1.41 bits per heavy atom. The van der Waals surface area contributed by atoms with Gasteiger partial charge in [-0.05, 0) is 73.0 Å². The van der Waals surface area contributed by atoms with Crippen LogP contribution in [0.3, 0.4) is 0 Å². The SMILES string of the molecule is Cc1cc(C)c(C)c(S(=O)(=O)Nc2ccc(-c3cccc(C(=O)O)c3O)c3ccccc23)c1C. The van der Waals surface area contributed by atoms with Crippen LogP contribution < -0.4 is 4.72 Å². The minimum atomic E-state index is -3.89. The highest BCUT2D eigenvalue weighted by atomic mass is 32.2. The lowest BCUT2D eigenvalue weighted by molar-refractivity contribution is 0.0694. The molecule has 0 saturated carbocycles. The van der Waals surface area contributed by atoms with Gasteiger partial charge in [-0.25, -0.2) is 13.2 Å². The van der Waals surface area contributed by atoms with Crippen LogP contribution in [0.25, 0.3) is 21.9 Å². The first-order valence-electron chi connectivity index (χ1n) is 10.7. The van der Waals surface area contributed by atoms with Crippen molar-refractivity contribution in [2.45, 2.75) is 32.6 Å². The molecule has 3 N–H and O–H groups in total. The van der Waals surface area contributed by atoms with E-state index in [1.54, 1.807) is 56.3 Å². The van der Waals surface area contributed by atoms with Gasteiger partial charge in [0.05, 0.1) is 10.6 Å². The van der Waals surface area contributed by atoms with Crippen molar-refractivity contribution in [1.29, 1.82) is 0 Å². The highest BCUT2D eigenvalue weighted by Crippen LogP contribution is 2.39. The van der Waals surface area contributed by atoms with Crippen molar-refractivity contribution in [2.75, 3.05) is 4.72 Å². The maximum Gasteiger partial charge on any atom is 0.339 e. The Hall–Kier alpha value is -3.84. The van der Waals surface area contributed by atoms with Gasteiger partial charge in [-0.15, -0.1) is 0 Å². The van der Waals surface area contributed by atoms with E-state index in [1.165, 1.54) is 6.07 Å². The topological polar surface area (TPSA) is 104 Å². The molecule has 0 saturated heterocycles. The van der Waals surface area contributed by atoms with Gasteiger partial charge in [0.25, 0.3) is 10.0 Å². The average Bonchev–Trinajstić information content (AvgIpc) is 2.78. The number of phenols is 1. The van der Waals surface area contributed by atoms with Crippen LogP contribution in [0.5, 0.6) is 5.75 Å². The fraction of sp³-hybridized carbons (Fsp3) is 0.148. The van der Waals surface area contributed by atoms with Crippen LogP contribution in [-0.4, -0.2) is 24.6 Å². The lowest BCUT2D eigenvalue weighted by Gasteiger charge is -2.18. The van der Waals surface area contributed by atoms with Gasteiger partial charge in [-0.1, -0.05) is 48.5 Å². The number of para-hydroxylation sites is 1. The summed E-state index contributed by atoms with van der Waals surface area (Å²) in [5, 5.41) is 21.3. The Labute approximate surface area is 198 Å². The highest BCUT2D eigenvalue weighted by Gasteiger charge is 2.24. The second-order valence-corrected chi connectivity index (χ2v) is 10.0. The number of aromatic hydroxyl groups is 1. The number of anilines is 1. The summed E-state index contributed by atoms with van der Waals surface area (Å²) in [5.41, 5.74) is 4.34. The number of hydrogen-bond acceptors (Lipinski definition) is 4. The summed E-state index contributed by atoms with van der Waals surface area (Å²) in [4.78, 5) is 11.7. The molecule has 34 heavy (non-hydrogen) atoms. The van der Waals surface area contributed by atoms with Crippen molar-refractivity contribution in [1.82, 2.24) is 0 Å². The zero-order valence-corrected chi connectivity index (χ0v) is 20.1. The molecule has 0 aliphatic heterocycles. The molecule has 4 aromatic carbocycles. The van der Waals surface area contributed by atoms with Gasteiger partial charge in [-0.3, -0.25) is 4.72 Å². The Balaban J connectivity index is 1.89. The van der Waals surface area contributed by atoms with Crippen LogP contribution in [0.4, 0.5) is 5.69 Å². The first-order valence-corrected chi connectivity index (χ1v) is 12.2. The molecule has 174 valence electrons. The maximum atomic E-state index is 13.5. The molecule has 0 heterocycles. The lowest BCUT2D eigenvalue weighted by Crippen LogP contribution is -2.17. The highest BCUT2D eigenvalue weighted by molar-refractivity contribution is 7.92. The van der Waals surface area contributed by atoms with Gasteiger partial charge < -0.3 is 10.2 Å². The van der Waals surface area contributed by atoms with Gasteiger partial charge in [0.1, 0.15) is 11.3 Å². The number of aryl methyl sites for hydroxylation is 2. The third kappa shape index (κ3) is 3.88. The summed E-state index contributed by atoms with van der Waals surface area (Å²) in [6, 6.07) is 17.0. The third-order valence-corrected chi connectivity index (χ3v) is 7.93. The second kappa shape index (κ2) is 8.50. The van der Waals surface area contributed by atoms with E-state index in [0.29, 0.717) is 38.7 Å². The number of carbonyl (C=O) groups is 1. The number of aromatic carboxylic acids is 1. The Bertz CT molecular complexity index is 1550. The standard InChI is InChI=1S/C27H25NO5S/c1-15-14-16(2)18(4)26(17(15)3)34(32,33)28-24-13-12-20(19-8-5-6-9-21(19)24)22-10-7-11-23(25(22)29)27(30)31/h5-14,28-29H,1-4H3,(H,30,31). The largest absolute Gasteiger partial charge is 0.506 e. The number of fused-ring (bicyclic) bond motifs is 1. The Morgan fingerprint density at radius 3 is 2.03 bits per heavy atom. The zero-order chi connectivity index (χ0) is 24.8. The molecule has 0 aliphatic carbocycles. The molecule has 7 heteroatoms. The minimum Gasteiger partial charge on any atom is -0.506 e. The van der Waals surface area contributed by atoms with E-state index in [0.717, 1.165) is 11.1 Å². The minimum absolute atomic E-state index is 0.202. The molecular formula is C27H25NO5S. The van der Waals surface area contributed by atoms with Crippen molar-refractivity contribution in [2.24, 2.45) is 0 Å². The van der Waals surface area contributed by atoms with E-state index in [-0.39, 0.29) is 16.2 Å². The van der Waals surface area contributed by atoms with Crippen LogP contribution in [0.2, 0.25) is 0 Å². The first kappa shape index (κ1) is 23.3. The van der Waals surface area contributed by atoms with E-state index >= 15 is 0 Å². The van der Waals surface area contributed by atoms with Crippen molar-refractivity contribution >= 4 is 32.5 Å². The predicted molar refractivity (Wildman–Crippen MR) is 134 cm³/mol. The molecule has 0 aromatic heterocycles. The van der Waals surface area contributed by atoms with E-state index in [2.05, 4.69) is 4.72 Å². The molecule has 6 nitrogen and oxygen atoms in total. The summed E-state index contributed by atoms with van der Waals surface area (Å²) < 4.78 is 29.8. The molecule has 0 fully saturated rings. The molecular weight excluding hydrogens is 450 g/mol. The molecule has 0 bridgehead atoms. The van der Waals surface area contributed by atoms with Crippen molar-refractivity contribution < 1.29 is 23.4 Å². The molecule has 0 spiro atoms. The molecule has 0 aliphatic rings. The molecule has 0 unspecified atom stereocenters. The van der Waals surface area contributed by atoms with E-state index in [4.69, 9.17) is 0 Å². The second-order valence-electron chi connectivity index (χ2n) is 8.41. The van der Waals surface area contributed by atoms with E-state index in [1.807, 2.05) is 26.0 Å². The van der Waals surface area contributed by atoms with Gasteiger partial charge in [0.15, 0.2) is 0 Å². The maximum absolute atomic E-state index is 13.5. The third-order valence-electron chi connectivity index (χ3n) is 6.29. The van der Waals surface area contributed by atoms with Crippen molar-refractivity contribution in [3.8, 4) is 16.9 Å². The first-order chi connectivity index (χ1) is 16.0. The molecule has 0 amide bonds. The lowest BCUT2D eigenvalue weighted by atomic mass is 9.95. The number of sulfonamides is 1. The van der Waals surface area contributed by atoms with Gasteiger partial charge in [0.2, 0.25) is 0 Å². The number of benzene rings is 4. The average molecular weight is 476 g/mol. The smallest absolute Gasteiger partial charge is 0.339 e.